The Labute approximate surface area is 115 Å². The Bertz CT molecular complexity index is 476. The van der Waals surface area contributed by atoms with Gasteiger partial charge in [-0.2, -0.15) is 5.10 Å². The molecule has 0 aliphatic heterocycles. The van der Waals surface area contributed by atoms with Gasteiger partial charge in [-0.1, -0.05) is 13.8 Å². The number of aromatic nitrogens is 2. The number of aryl methyl sites for hydroxylation is 2. The highest BCUT2D eigenvalue weighted by Gasteiger charge is 2.21. The van der Waals surface area contributed by atoms with Crippen LogP contribution in [-0.4, -0.2) is 49.7 Å². The molecule has 2 N–H and O–H groups in total. The van der Waals surface area contributed by atoms with Crippen molar-refractivity contribution in [1.82, 2.24) is 19.8 Å². The molecule has 1 aromatic rings. The van der Waals surface area contributed by atoms with Crippen molar-refractivity contribution in [2.45, 2.75) is 39.0 Å². The van der Waals surface area contributed by atoms with E-state index in [1.54, 1.807) is 13.8 Å². The fourth-order valence-corrected chi connectivity index (χ4v) is 3.48. The number of hydrogen-bond acceptors (Lipinski definition) is 4. The molecule has 0 spiro atoms. The van der Waals surface area contributed by atoms with Crippen LogP contribution < -0.4 is 4.72 Å². The molecule has 1 heterocycles. The first-order valence-corrected chi connectivity index (χ1v) is 8.14. The maximum atomic E-state index is 12.2. The SMILES string of the molecule is CCCN(CC)CCNS(=O)(=O)c1c(C)n[nH]c1C. The first kappa shape index (κ1) is 16.1. The van der Waals surface area contributed by atoms with Gasteiger partial charge >= 0.3 is 0 Å². The fraction of sp³-hybridized carbons (Fsp3) is 0.750. The van der Waals surface area contributed by atoms with Gasteiger partial charge in [0.05, 0.1) is 11.4 Å². The number of nitrogens with one attached hydrogen (secondary N) is 2. The van der Waals surface area contributed by atoms with Gasteiger partial charge in [0.15, 0.2) is 0 Å². The molecule has 19 heavy (non-hydrogen) atoms. The van der Waals surface area contributed by atoms with Crippen LogP contribution in [0.3, 0.4) is 0 Å². The van der Waals surface area contributed by atoms with Gasteiger partial charge in [-0.3, -0.25) is 5.10 Å². The van der Waals surface area contributed by atoms with E-state index in [2.05, 4.69) is 33.7 Å². The van der Waals surface area contributed by atoms with Crippen LogP contribution in [0.5, 0.6) is 0 Å². The van der Waals surface area contributed by atoms with E-state index in [0.29, 0.717) is 17.9 Å². The van der Waals surface area contributed by atoms with Gasteiger partial charge in [-0.25, -0.2) is 13.1 Å². The predicted molar refractivity (Wildman–Crippen MR) is 75.7 cm³/mol. The first-order valence-electron chi connectivity index (χ1n) is 6.66. The summed E-state index contributed by atoms with van der Waals surface area (Å²) in [6.45, 7) is 10.7. The Balaban J connectivity index is 2.62. The van der Waals surface area contributed by atoms with Crippen molar-refractivity contribution in [2.75, 3.05) is 26.2 Å². The lowest BCUT2D eigenvalue weighted by molar-refractivity contribution is 0.293. The molecule has 0 unspecified atom stereocenters. The van der Waals surface area contributed by atoms with Crippen molar-refractivity contribution >= 4 is 10.0 Å². The number of rotatable bonds is 8. The Morgan fingerprint density at radius 1 is 1.26 bits per heavy atom. The lowest BCUT2D eigenvalue weighted by Gasteiger charge is -2.19. The lowest BCUT2D eigenvalue weighted by Crippen LogP contribution is -2.35. The second kappa shape index (κ2) is 7.02. The Hall–Kier alpha value is -0.920. The van der Waals surface area contributed by atoms with E-state index in [9.17, 15) is 8.42 Å². The van der Waals surface area contributed by atoms with Crippen molar-refractivity contribution in [3.8, 4) is 0 Å². The average molecular weight is 288 g/mol. The van der Waals surface area contributed by atoms with Crippen LogP contribution in [0, 0.1) is 13.8 Å². The molecule has 0 amide bonds. The van der Waals surface area contributed by atoms with E-state index in [-0.39, 0.29) is 4.90 Å². The maximum absolute atomic E-state index is 12.2. The molecule has 0 aliphatic carbocycles. The molecule has 0 bridgehead atoms. The number of likely N-dealkylation sites (N-methyl/N-ethyl adjacent to an activating group) is 1. The Morgan fingerprint density at radius 3 is 2.42 bits per heavy atom. The van der Waals surface area contributed by atoms with Crippen LogP contribution in [0.4, 0.5) is 0 Å². The molecule has 0 saturated carbocycles. The molecule has 6 nitrogen and oxygen atoms in total. The Kier molecular flexibility index (Phi) is 5.96. The smallest absolute Gasteiger partial charge is 0.244 e. The van der Waals surface area contributed by atoms with E-state index in [1.165, 1.54) is 0 Å². The summed E-state index contributed by atoms with van der Waals surface area (Å²) in [4.78, 5) is 2.49. The predicted octanol–water partition coefficient (Wildman–Crippen LogP) is 1.04. The quantitative estimate of drug-likeness (QED) is 0.749. The average Bonchev–Trinajstić information content (AvgIpc) is 2.68. The van der Waals surface area contributed by atoms with Gasteiger partial charge < -0.3 is 4.90 Å². The molecule has 0 saturated heterocycles. The van der Waals surface area contributed by atoms with Crippen molar-refractivity contribution in [2.24, 2.45) is 0 Å². The van der Waals surface area contributed by atoms with E-state index >= 15 is 0 Å². The van der Waals surface area contributed by atoms with Gasteiger partial charge in [-0.15, -0.1) is 0 Å². The van der Waals surface area contributed by atoms with Crippen LogP contribution >= 0.6 is 0 Å². The number of sulfonamides is 1. The van der Waals surface area contributed by atoms with Crippen molar-refractivity contribution in [3.05, 3.63) is 11.4 Å². The van der Waals surface area contributed by atoms with Gasteiger partial charge in [0.2, 0.25) is 10.0 Å². The van der Waals surface area contributed by atoms with E-state index in [0.717, 1.165) is 26.1 Å². The van der Waals surface area contributed by atoms with E-state index < -0.39 is 10.0 Å². The minimum absolute atomic E-state index is 0.269. The fourth-order valence-electron chi connectivity index (χ4n) is 2.09. The summed E-state index contributed by atoms with van der Waals surface area (Å²) in [7, 11) is -3.47. The molecule has 110 valence electrons. The summed E-state index contributed by atoms with van der Waals surface area (Å²) in [5.41, 5.74) is 1.08. The maximum Gasteiger partial charge on any atom is 0.244 e. The zero-order chi connectivity index (χ0) is 14.5. The summed E-state index contributed by atoms with van der Waals surface area (Å²) in [6.07, 6.45) is 1.07. The molecular weight excluding hydrogens is 264 g/mol. The number of H-pyrrole nitrogens is 1. The van der Waals surface area contributed by atoms with Crippen LogP contribution in [0.15, 0.2) is 4.90 Å². The molecule has 0 fully saturated rings. The van der Waals surface area contributed by atoms with Crippen molar-refractivity contribution in [1.29, 1.82) is 0 Å². The van der Waals surface area contributed by atoms with Gasteiger partial charge in [0.25, 0.3) is 0 Å². The normalized spacial score (nSPS) is 12.3. The summed E-state index contributed by atoms with van der Waals surface area (Å²) in [6, 6.07) is 0. The van der Waals surface area contributed by atoms with Crippen LogP contribution in [-0.2, 0) is 10.0 Å². The third-order valence-electron chi connectivity index (χ3n) is 3.04. The monoisotopic (exact) mass is 288 g/mol. The van der Waals surface area contributed by atoms with Crippen LogP contribution in [0.2, 0.25) is 0 Å². The van der Waals surface area contributed by atoms with Gasteiger partial charge in [0.1, 0.15) is 4.90 Å². The molecule has 0 radical (unpaired) electrons. The largest absolute Gasteiger partial charge is 0.302 e. The zero-order valence-electron chi connectivity index (χ0n) is 12.2. The summed E-state index contributed by atoms with van der Waals surface area (Å²) >= 11 is 0. The Morgan fingerprint density at radius 2 is 1.95 bits per heavy atom. The minimum atomic E-state index is -3.47. The third-order valence-corrected chi connectivity index (χ3v) is 4.76. The van der Waals surface area contributed by atoms with Crippen molar-refractivity contribution < 1.29 is 8.42 Å². The van der Waals surface area contributed by atoms with Gasteiger partial charge in [-0.05, 0) is 33.4 Å². The second-order valence-corrected chi connectivity index (χ2v) is 6.30. The zero-order valence-corrected chi connectivity index (χ0v) is 13.0. The number of nitrogens with zero attached hydrogens (tertiary/aromatic N) is 2. The van der Waals surface area contributed by atoms with Crippen molar-refractivity contribution in [3.63, 3.8) is 0 Å². The molecule has 0 atom stereocenters. The molecule has 1 aromatic heterocycles. The standard InChI is InChI=1S/C12H24N4O2S/c1-5-8-16(6-2)9-7-13-19(17,18)12-10(3)14-15-11(12)4/h13H,5-9H2,1-4H3,(H,14,15). The highest BCUT2D eigenvalue weighted by Crippen LogP contribution is 2.15. The third kappa shape index (κ3) is 4.29. The van der Waals surface area contributed by atoms with Gasteiger partial charge in [0, 0.05) is 13.1 Å². The molecule has 0 aliphatic rings. The minimum Gasteiger partial charge on any atom is -0.302 e. The molecule has 0 aromatic carbocycles. The van der Waals surface area contributed by atoms with E-state index in [4.69, 9.17) is 0 Å². The van der Waals surface area contributed by atoms with Crippen LogP contribution in [0.1, 0.15) is 31.7 Å². The number of hydrogen-bond donors (Lipinski definition) is 2. The molecule has 1 rings (SSSR count). The highest BCUT2D eigenvalue weighted by atomic mass is 32.2. The van der Waals surface area contributed by atoms with Crippen LogP contribution in [0.25, 0.3) is 0 Å². The first-order chi connectivity index (χ1) is 8.92. The summed E-state index contributed by atoms with van der Waals surface area (Å²) in [5.74, 6) is 0. The topological polar surface area (TPSA) is 78.1 Å². The molecular formula is C12H24N4O2S. The summed E-state index contributed by atoms with van der Waals surface area (Å²) in [5, 5.41) is 6.61. The number of aromatic amines is 1. The summed E-state index contributed by atoms with van der Waals surface area (Å²) < 4.78 is 27.0. The molecule has 7 heteroatoms. The lowest BCUT2D eigenvalue weighted by atomic mass is 10.4. The highest BCUT2D eigenvalue weighted by molar-refractivity contribution is 7.89. The second-order valence-electron chi connectivity index (χ2n) is 4.60. The van der Waals surface area contributed by atoms with E-state index in [1.807, 2.05) is 0 Å².